The van der Waals surface area contributed by atoms with E-state index in [9.17, 15) is 9.59 Å². The SMILES string of the molecule is C[C@H](C[C@H](C)C(=O)Cc1ccccc1)C(=O)O. The molecule has 0 spiro atoms. The van der Waals surface area contributed by atoms with Crippen molar-refractivity contribution in [1.82, 2.24) is 0 Å². The monoisotopic (exact) mass is 234 g/mol. The highest BCUT2D eigenvalue weighted by molar-refractivity contribution is 5.83. The quantitative estimate of drug-likeness (QED) is 0.823. The van der Waals surface area contributed by atoms with Crippen LogP contribution < -0.4 is 0 Å². The Kier molecular flexibility index (Phi) is 4.88. The van der Waals surface area contributed by atoms with Crippen molar-refractivity contribution in [3.63, 3.8) is 0 Å². The number of carboxylic acids is 1. The molecule has 0 bridgehead atoms. The van der Waals surface area contributed by atoms with Crippen molar-refractivity contribution < 1.29 is 14.7 Å². The lowest BCUT2D eigenvalue weighted by Crippen LogP contribution is -2.20. The summed E-state index contributed by atoms with van der Waals surface area (Å²) in [5.41, 5.74) is 0.979. The van der Waals surface area contributed by atoms with Gasteiger partial charge in [-0.15, -0.1) is 0 Å². The molecule has 3 nitrogen and oxygen atoms in total. The van der Waals surface area contributed by atoms with Crippen LogP contribution in [0.1, 0.15) is 25.8 Å². The van der Waals surface area contributed by atoms with Crippen LogP contribution in [0.4, 0.5) is 0 Å². The molecule has 1 aromatic carbocycles. The molecule has 0 unspecified atom stereocenters. The van der Waals surface area contributed by atoms with Gasteiger partial charge in [0.05, 0.1) is 5.92 Å². The highest BCUT2D eigenvalue weighted by Gasteiger charge is 2.20. The zero-order chi connectivity index (χ0) is 12.8. The maximum atomic E-state index is 11.9. The second-order valence-electron chi connectivity index (χ2n) is 4.50. The Hall–Kier alpha value is -1.64. The molecule has 2 atom stereocenters. The molecule has 0 aliphatic carbocycles. The summed E-state index contributed by atoms with van der Waals surface area (Å²) in [7, 11) is 0. The van der Waals surface area contributed by atoms with Crippen LogP contribution in [0.5, 0.6) is 0 Å². The number of ketones is 1. The van der Waals surface area contributed by atoms with Crippen molar-refractivity contribution in [2.24, 2.45) is 11.8 Å². The van der Waals surface area contributed by atoms with E-state index in [-0.39, 0.29) is 11.7 Å². The minimum Gasteiger partial charge on any atom is -0.481 e. The third-order valence-electron chi connectivity index (χ3n) is 2.90. The highest BCUT2D eigenvalue weighted by atomic mass is 16.4. The molecule has 0 aliphatic rings. The number of carbonyl (C=O) groups is 2. The highest BCUT2D eigenvalue weighted by Crippen LogP contribution is 2.15. The Morgan fingerprint density at radius 1 is 1.12 bits per heavy atom. The first-order valence-corrected chi connectivity index (χ1v) is 5.80. The largest absolute Gasteiger partial charge is 0.481 e. The van der Waals surface area contributed by atoms with E-state index in [4.69, 9.17) is 5.11 Å². The van der Waals surface area contributed by atoms with Gasteiger partial charge in [-0.1, -0.05) is 44.2 Å². The molecule has 0 fully saturated rings. The summed E-state index contributed by atoms with van der Waals surface area (Å²) in [6, 6.07) is 9.51. The number of benzene rings is 1. The molecule has 3 heteroatoms. The normalized spacial score (nSPS) is 14.0. The molecular formula is C14H18O3. The average molecular weight is 234 g/mol. The summed E-state index contributed by atoms with van der Waals surface area (Å²) < 4.78 is 0. The van der Waals surface area contributed by atoms with Crippen LogP contribution in [0.2, 0.25) is 0 Å². The van der Waals surface area contributed by atoms with E-state index < -0.39 is 11.9 Å². The summed E-state index contributed by atoms with van der Waals surface area (Å²) in [5.74, 6) is -1.42. The van der Waals surface area contributed by atoms with Crippen molar-refractivity contribution in [2.45, 2.75) is 26.7 Å². The van der Waals surface area contributed by atoms with Crippen LogP contribution in [-0.2, 0) is 16.0 Å². The third kappa shape index (κ3) is 4.39. The van der Waals surface area contributed by atoms with Gasteiger partial charge in [0.25, 0.3) is 0 Å². The fourth-order valence-corrected chi connectivity index (χ4v) is 1.73. The van der Waals surface area contributed by atoms with Gasteiger partial charge < -0.3 is 5.11 Å². The molecule has 0 heterocycles. The van der Waals surface area contributed by atoms with Crippen LogP contribution in [0.25, 0.3) is 0 Å². The topological polar surface area (TPSA) is 54.4 Å². The van der Waals surface area contributed by atoms with Gasteiger partial charge in [0.1, 0.15) is 5.78 Å². The fourth-order valence-electron chi connectivity index (χ4n) is 1.73. The second-order valence-corrected chi connectivity index (χ2v) is 4.50. The number of hydrogen-bond acceptors (Lipinski definition) is 2. The molecule has 0 radical (unpaired) electrons. The molecule has 0 amide bonds. The first-order valence-electron chi connectivity index (χ1n) is 5.80. The molecule has 0 aromatic heterocycles. The van der Waals surface area contributed by atoms with E-state index in [1.807, 2.05) is 30.3 Å². The Balaban J connectivity index is 2.50. The molecule has 1 rings (SSSR count). The molecule has 0 aliphatic heterocycles. The van der Waals surface area contributed by atoms with E-state index in [1.165, 1.54) is 0 Å². The van der Waals surface area contributed by atoms with Gasteiger partial charge >= 0.3 is 5.97 Å². The van der Waals surface area contributed by atoms with Gasteiger partial charge in [-0.3, -0.25) is 9.59 Å². The zero-order valence-corrected chi connectivity index (χ0v) is 10.2. The van der Waals surface area contributed by atoms with Crippen LogP contribution in [0, 0.1) is 11.8 Å². The minimum absolute atomic E-state index is 0.101. The smallest absolute Gasteiger partial charge is 0.306 e. The standard InChI is InChI=1S/C14H18O3/c1-10(8-11(2)14(16)17)13(15)9-12-6-4-3-5-7-12/h3-7,10-11H,8-9H2,1-2H3,(H,16,17)/t10-,11+/m0/s1. The van der Waals surface area contributed by atoms with Crippen molar-refractivity contribution in [2.75, 3.05) is 0 Å². The number of Topliss-reactive ketones (excluding diaryl/α,β-unsaturated/α-hetero) is 1. The Labute approximate surface area is 101 Å². The lowest BCUT2D eigenvalue weighted by Gasteiger charge is -2.13. The van der Waals surface area contributed by atoms with Gasteiger partial charge in [-0.05, 0) is 12.0 Å². The van der Waals surface area contributed by atoms with E-state index in [2.05, 4.69) is 0 Å². The van der Waals surface area contributed by atoms with Crippen molar-refractivity contribution in [3.8, 4) is 0 Å². The first kappa shape index (κ1) is 13.4. The van der Waals surface area contributed by atoms with Gasteiger partial charge in [0.2, 0.25) is 0 Å². The van der Waals surface area contributed by atoms with Crippen LogP contribution >= 0.6 is 0 Å². The van der Waals surface area contributed by atoms with Crippen molar-refractivity contribution in [1.29, 1.82) is 0 Å². The summed E-state index contributed by atoms with van der Waals surface area (Å²) in [5, 5.41) is 8.79. The molecule has 17 heavy (non-hydrogen) atoms. The van der Waals surface area contributed by atoms with E-state index >= 15 is 0 Å². The van der Waals surface area contributed by atoms with Crippen LogP contribution in [0.15, 0.2) is 30.3 Å². The summed E-state index contributed by atoms with van der Waals surface area (Å²) in [6.07, 6.45) is 0.787. The Bertz CT molecular complexity index is 384. The molecule has 0 saturated carbocycles. The molecule has 92 valence electrons. The average Bonchev–Trinajstić information content (AvgIpc) is 2.29. The summed E-state index contributed by atoms with van der Waals surface area (Å²) in [6.45, 7) is 3.43. The first-order chi connectivity index (χ1) is 8.00. The summed E-state index contributed by atoms with van der Waals surface area (Å²) in [4.78, 5) is 22.6. The molecule has 1 aromatic rings. The molecular weight excluding hydrogens is 216 g/mol. The third-order valence-corrected chi connectivity index (χ3v) is 2.90. The van der Waals surface area contributed by atoms with Gasteiger partial charge in [-0.2, -0.15) is 0 Å². The molecule has 1 N–H and O–H groups in total. The van der Waals surface area contributed by atoms with Crippen LogP contribution in [-0.4, -0.2) is 16.9 Å². The number of hydrogen-bond donors (Lipinski definition) is 1. The van der Waals surface area contributed by atoms with Crippen molar-refractivity contribution >= 4 is 11.8 Å². The van der Waals surface area contributed by atoms with Gasteiger partial charge in [0.15, 0.2) is 0 Å². The number of rotatable bonds is 6. The van der Waals surface area contributed by atoms with Gasteiger partial charge in [0, 0.05) is 12.3 Å². The number of carbonyl (C=O) groups excluding carboxylic acids is 1. The van der Waals surface area contributed by atoms with E-state index in [1.54, 1.807) is 13.8 Å². The lowest BCUT2D eigenvalue weighted by atomic mass is 9.91. The van der Waals surface area contributed by atoms with E-state index in [0.717, 1.165) is 5.56 Å². The molecule has 0 saturated heterocycles. The van der Waals surface area contributed by atoms with Gasteiger partial charge in [-0.25, -0.2) is 0 Å². The van der Waals surface area contributed by atoms with Crippen LogP contribution in [0.3, 0.4) is 0 Å². The second kappa shape index (κ2) is 6.18. The number of carboxylic acid groups (broad SMARTS) is 1. The zero-order valence-electron chi connectivity index (χ0n) is 10.2. The fraction of sp³-hybridized carbons (Fsp3) is 0.429. The lowest BCUT2D eigenvalue weighted by molar-refractivity contribution is -0.141. The van der Waals surface area contributed by atoms with Crippen molar-refractivity contribution in [3.05, 3.63) is 35.9 Å². The predicted molar refractivity (Wildman–Crippen MR) is 65.7 cm³/mol. The summed E-state index contributed by atoms with van der Waals surface area (Å²) >= 11 is 0. The minimum atomic E-state index is -0.843. The predicted octanol–water partition coefficient (Wildman–Crippen LogP) is 2.55. The Morgan fingerprint density at radius 3 is 2.24 bits per heavy atom. The Morgan fingerprint density at radius 2 is 1.71 bits per heavy atom. The number of aliphatic carboxylic acids is 1. The van der Waals surface area contributed by atoms with E-state index in [0.29, 0.717) is 12.8 Å². The maximum Gasteiger partial charge on any atom is 0.306 e. The maximum absolute atomic E-state index is 11.9.